The summed E-state index contributed by atoms with van der Waals surface area (Å²) < 4.78 is 28.5. The highest BCUT2D eigenvalue weighted by molar-refractivity contribution is 7.91. The smallest absolute Gasteiger partial charge is 0.231 e. The second kappa shape index (κ2) is 6.20. The van der Waals surface area contributed by atoms with E-state index in [0.29, 0.717) is 18.1 Å². The van der Waals surface area contributed by atoms with Gasteiger partial charge in [0.15, 0.2) is 9.84 Å². The minimum absolute atomic E-state index is 0.114. The molecule has 0 aliphatic carbocycles. The van der Waals surface area contributed by atoms with E-state index < -0.39 is 9.84 Å². The number of benzene rings is 1. The van der Waals surface area contributed by atoms with E-state index in [-0.39, 0.29) is 17.4 Å². The molecule has 1 aromatic heterocycles. The molecule has 6 nitrogen and oxygen atoms in total. The molecule has 2 aliphatic heterocycles. The number of anilines is 1. The molecule has 1 atom stereocenters. The van der Waals surface area contributed by atoms with Crippen LogP contribution in [0.25, 0.3) is 11.4 Å². The first-order valence-electron chi connectivity index (χ1n) is 8.50. The lowest BCUT2D eigenvalue weighted by molar-refractivity contribution is 0.361. The molecule has 0 amide bonds. The van der Waals surface area contributed by atoms with Crippen LogP contribution in [0.5, 0.6) is 0 Å². The van der Waals surface area contributed by atoms with Crippen LogP contribution < -0.4 is 4.90 Å². The molecular weight excluding hydrogens is 326 g/mol. The molecular formula is C17H21N3O3S. The summed E-state index contributed by atoms with van der Waals surface area (Å²) in [6.07, 6.45) is 4.38. The van der Waals surface area contributed by atoms with Crippen LogP contribution >= 0.6 is 0 Å². The Morgan fingerprint density at radius 2 is 1.83 bits per heavy atom. The standard InChI is InChI=1S/C17H21N3O3S/c21-24(22)11-8-14(12-24)17-18-16(19-23-17)13-4-6-15(7-5-13)20-9-2-1-3-10-20/h4-7,14H,1-3,8-12H2/t14-/m0/s1. The maximum atomic E-state index is 11.6. The van der Waals surface area contributed by atoms with Gasteiger partial charge in [0, 0.05) is 24.3 Å². The Labute approximate surface area is 141 Å². The topological polar surface area (TPSA) is 76.3 Å². The molecule has 0 spiro atoms. The molecule has 2 aliphatic rings. The number of piperidine rings is 1. The third kappa shape index (κ3) is 3.17. The van der Waals surface area contributed by atoms with E-state index >= 15 is 0 Å². The summed E-state index contributed by atoms with van der Waals surface area (Å²) in [4.78, 5) is 6.82. The van der Waals surface area contributed by atoms with Gasteiger partial charge in [-0.2, -0.15) is 4.98 Å². The van der Waals surface area contributed by atoms with Crippen molar-refractivity contribution >= 4 is 15.5 Å². The van der Waals surface area contributed by atoms with Crippen molar-refractivity contribution in [2.45, 2.75) is 31.6 Å². The van der Waals surface area contributed by atoms with Crippen LogP contribution in [0.15, 0.2) is 28.8 Å². The second-order valence-electron chi connectivity index (χ2n) is 6.65. The third-order valence-electron chi connectivity index (χ3n) is 4.87. The summed E-state index contributed by atoms with van der Waals surface area (Å²) in [5.41, 5.74) is 2.12. The Bertz CT molecular complexity index is 808. The molecule has 4 rings (SSSR count). The Hall–Kier alpha value is -1.89. The molecule has 0 radical (unpaired) electrons. The molecule has 1 aromatic carbocycles. The van der Waals surface area contributed by atoms with Crippen molar-refractivity contribution in [3.63, 3.8) is 0 Å². The number of sulfone groups is 1. The summed E-state index contributed by atoms with van der Waals surface area (Å²) in [7, 11) is -2.95. The molecule has 24 heavy (non-hydrogen) atoms. The van der Waals surface area contributed by atoms with Gasteiger partial charge in [0.2, 0.25) is 11.7 Å². The summed E-state index contributed by atoms with van der Waals surface area (Å²) >= 11 is 0. The van der Waals surface area contributed by atoms with Crippen LogP contribution in [-0.4, -0.2) is 43.2 Å². The largest absolute Gasteiger partial charge is 0.372 e. The Kier molecular flexibility index (Phi) is 4.04. The molecule has 2 fully saturated rings. The lowest BCUT2D eigenvalue weighted by Gasteiger charge is -2.28. The molecule has 7 heteroatoms. The zero-order valence-electron chi connectivity index (χ0n) is 13.5. The molecule has 2 aromatic rings. The van der Waals surface area contributed by atoms with Crippen LogP contribution in [0.1, 0.15) is 37.5 Å². The first kappa shape index (κ1) is 15.6. The highest BCUT2D eigenvalue weighted by atomic mass is 32.2. The monoisotopic (exact) mass is 347 g/mol. The molecule has 0 bridgehead atoms. The van der Waals surface area contributed by atoms with E-state index in [9.17, 15) is 8.42 Å². The minimum atomic E-state index is -2.95. The van der Waals surface area contributed by atoms with Crippen LogP contribution in [-0.2, 0) is 9.84 Å². The summed E-state index contributed by atoms with van der Waals surface area (Å²) in [5.74, 6) is 1.12. The number of rotatable bonds is 3. The van der Waals surface area contributed by atoms with Gasteiger partial charge in [-0.25, -0.2) is 8.42 Å². The Morgan fingerprint density at radius 1 is 1.08 bits per heavy atom. The number of hydrogen-bond donors (Lipinski definition) is 0. The van der Waals surface area contributed by atoms with E-state index in [1.807, 2.05) is 12.1 Å². The van der Waals surface area contributed by atoms with Gasteiger partial charge < -0.3 is 9.42 Å². The van der Waals surface area contributed by atoms with Crippen molar-refractivity contribution < 1.29 is 12.9 Å². The van der Waals surface area contributed by atoms with E-state index in [1.54, 1.807) is 0 Å². The fourth-order valence-electron chi connectivity index (χ4n) is 3.48. The zero-order chi connectivity index (χ0) is 16.6. The third-order valence-corrected chi connectivity index (χ3v) is 6.64. The Morgan fingerprint density at radius 3 is 2.50 bits per heavy atom. The fourth-order valence-corrected chi connectivity index (χ4v) is 5.21. The van der Waals surface area contributed by atoms with Gasteiger partial charge in [0.25, 0.3) is 0 Å². The van der Waals surface area contributed by atoms with Gasteiger partial charge in [0.05, 0.1) is 17.4 Å². The molecule has 0 unspecified atom stereocenters. The maximum Gasteiger partial charge on any atom is 0.231 e. The van der Waals surface area contributed by atoms with Gasteiger partial charge in [-0.1, -0.05) is 5.16 Å². The highest BCUT2D eigenvalue weighted by Crippen LogP contribution is 2.30. The van der Waals surface area contributed by atoms with E-state index in [1.165, 1.54) is 24.9 Å². The average molecular weight is 347 g/mol. The van der Waals surface area contributed by atoms with Gasteiger partial charge in [-0.15, -0.1) is 0 Å². The number of hydrogen-bond acceptors (Lipinski definition) is 6. The van der Waals surface area contributed by atoms with E-state index in [4.69, 9.17) is 4.52 Å². The summed E-state index contributed by atoms with van der Waals surface area (Å²) in [6.45, 7) is 2.23. The molecule has 0 N–H and O–H groups in total. The van der Waals surface area contributed by atoms with Gasteiger partial charge >= 0.3 is 0 Å². The Balaban J connectivity index is 1.50. The zero-order valence-corrected chi connectivity index (χ0v) is 14.3. The lowest BCUT2D eigenvalue weighted by atomic mass is 10.1. The van der Waals surface area contributed by atoms with Crippen molar-refractivity contribution in [2.75, 3.05) is 29.5 Å². The lowest BCUT2D eigenvalue weighted by Crippen LogP contribution is -2.29. The normalized spacial score (nSPS) is 23.5. The fraction of sp³-hybridized carbons (Fsp3) is 0.529. The van der Waals surface area contributed by atoms with Crippen molar-refractivity contribution in [1.82, 2.24) is 10.1 Å². The number of aromatic nitrogens is 2. The van der Waals surface area contributed by atoms with Crippen molar-refractivity contribution in [1.29, 1.82) is 0 Å². The quantitative estimate of drug-likeness (QED) is 0.849. The van der Waals surface area contributed by atoms with Crippen molar-refractivity contribution in [3.05, 3.63) is 30.2 Å². The molecule has 128 valence electrons. The van der Waals surface area contributed by atoms with Crippen molar-refractivity contribution in [3.8, 4) is 11.4 Å². The molecule has 2 saturated heterocycles. The second-order valence-corrected chi connectivity index (χ2v) is 8.88. The predicted molar refractivity (Wildman–Crippen MR) is 91.8 cm³/mol. The van der Waals surface area contributed by atoms with Crippen LogP contribution in [0.3, 0.4) is 0 Å². The minimum Gasteiger partial charge on any atom is -0.372 e. The number of nitrogens with zero attached hydrogens (tertiary/aromatic N) is 3. The summed E-state index contributed by atoms with van der Waals surface area (Å²) in [5, 5.41) is 4.03. The SMILES string of the molecule is O=S1(=O)CC[C@H](c2nc(-c3ccc(N4CCCCC4)cc3)no2)C1. The first-order valence-corrected chi connectivity index (χ1v) is 10.3. The van der Waals surface area contributed by atoms with Gasteiger partial charge in [0.1, 0.15) is 0 Å². The van der Waals surface area contributed by atoms with Gasteiger partial charge in [-0.3, -0.25) is 0 Å². The maximum absolute atomic E-state index is 11.6. The molecule has 3 heterocycles. The predicted octanol–water partition coefficient (Wildman–Crippen LogP) is 2.63. The van der Waals surface area contributed by atoms with E-state index in [0.717, 1.165) is 18.7 Å². The van der Waals surface area contributed by atoms with Gasteiger partial charge in [-0.05, 0) is 49.9 Å². The van der Waals surface area contributed by atoms with Crippen molar-refractivity contribution in [2.24, 2.45) is 0 Å². The van der Waals surface area contributed by atoms with E-state index in [2.05, 4.69) is 27.2 Å². The summed E-state index contributed by atoms with van der Waals surface area (Å²) in [6, 6.07) is 8.20. The first-order chi connectivity index (χ1) is 11.6. The highest BCUT2D eigenvalue weighted by Gasteiger charge is 2.33. The van der Waals surface area contributed by atoms with Crippen LogP contribution in [0.2, 0.25) is 0 Å². The molecule has 0 saturated carbocycles. The average Bonchev–Trinajstić information content (AvgIpc) is 3.22. The van der Waals surface area contributed by atoms with Crippen LogP contribution in [0.4, 0.5) is 5.69 Å². The van der Waals surface area contributed by atoms with Crippen LogP contribution in [0, 0.1) is 0 Å².